The van der Waals surface area contributed by atoms with Crippen LogP contribution in [0.2, 0.25) is 0 Å². The van der Waals surface area contributed by atoms with Crippen LogP contribution in [0.4, 0.5) is 0 Å². The van der Waals surface area contributed by atoms with Crippen molar-refractivity contribution in [3.63, 3.8) is 0 Å². The number of ether oxygens (including phenoxy) is 1. The molecule has 124 valence electrons. The van der Waals surface area contributed by atoms with Crippen molar-refractivity contribution in [3.8, 4) is 0 Å². The van der Waals surface area contributed by atoms with Crippen molar-refractivity contribution in [2.75, 3.05) is 39.5 Å². The number of hydrogen-bond acceptors (Lipinski definition) is 4. The first-order valence-corrected chi connectivity index (χ1v) is 8.81. The summed E-state index contributed by atoms with van der Waals surface area (Å²) in [6.45, 7) is 11.8. The van der Waals surface area contributed by atoms with Crippen molar-refractivity contribution < 1.29 is 9.84 Å². The number of nitrogens with one attached hydrogen (secondary N) is 1. The molecule has 1 aliphatic heterocycles. The topological polar surface area (TPSA) is 44.7 Å². The highest BCUT2D eigenvalue weighted by atomic mass is 16.5. The van der Waals surface area contributed by atoms with Crippen molar-refractivity contribution in [3.05, 3.63) is 0 Å². The van der Waals surface area contributed by atoms with E-state index in [-0.39, 0.29) is 12.6 Å². The van der Waals surface area contributed by atoms with Gasteiger partial charge in [-0.25, -0.2) is 0 Å². The van der Waals surface area contributed by atoms with Crippen LogP contribution in [-0.2, 0) is 4.74 Å². The van der Waals surface area contributed by atoms with Crippen LogP contribution in [0.15, 0.2) is 0 Å². The van der Waals surface area contributed by atoms with Crippen LogP contribution >= 0.6 is 0 Å². The van der Waals surface area contributed by atoms with Gasteiger partial charge in [-0.15, -0.1) is 0 Å². The average molecular weight is 298 g/mol. The fourth-order valence-corrected chi connectivity index (χ4v) is 4.04. The molecule has 1 heterocycles. The predicted molar refractivity (Wildman–Crippen MR) is 86.4 cm³/mol. The van der Waals surface area contributed by atoms with Crippen molar-refractivity contribution in [2.45, 2.75) is 52.1 Å². The Labute approximate surface area is 130 Å². The van der Waals surface area contributed by atoms with Gasteiger partial charge in [-0.2, -0.15) is 0 Å². The predicted octanol–water partition coefficient (Wildman–Crippen LogP) is 1.73. The molecular weight excluding hydrogens is 264 g/mol. The van der Waals surface area contributed by atoms with Crippen LogP contribution in [0.1, 0.15) is 40.0 Å². The largest absolute Gasteiger partial charge is 0.395 e. The molecule has 2 aliphatic rings. The average Bonchev–Trinajstić information content (AvgIpc) is 2.49. The summed E-state index contributed by atoms with van der Waals surface area (Å²) in [4.78, 5) is 2.46. The molecular formula is C17H34N2O2. The van der Waals surface area contributed by atoms with Crippen LogP contribution in [0.3, 0.4) is 0 Å². The summed E-state index contributed by atoms with van der Waals surface area (Å²) in [5.41, 5.74) is 0. The molecule has 0 radical (unpaired) electrons. The molecule has 4 atom stereocenters. The summed E-state index contributed by atoms with van der Waals surface area (Å²) < 4.78 is 5.51. The fraction of sp³-hybridized carbons (Fsp3) is 1.00. The smallest absolute Gasteiger partial charge is 0.0644 e. The highest BCUT2D eigenvalue weighted by Crippen LogP contribution is 2.34. The van der Waals surface area contributed by atoms with Crippen LogP contribution in [-0.4, -0.2) is 61.5 Å². The Morgan fingerprint density at radius 1 is 1.33 bits per heavy atom. The Morgan fingerprint density at radius 3 is 2.81 bits per heavy atom. The molecule has 1 saturated carbocycles. The molecule has 2 fully saturated rings. The first-order valence-electron chi connectivity index (χ1n) is 8.81. The number of aliphatic hydroxyl groups excluding tert-OH is 1. The van der Waals surface area contributed by atoms with E-state index < -0.39 is 0 Å². The first-order chi connectivity index (χ1) is 10.2. The molecule has 0 aromatic heterocycles. The van der Waals surface area contributed by atoms with Gasteiger partial charge in [0.2, 0.25) is 0 Å². The minimum atomic E-state index is 0.195. The van der Waals surface area contributed by atoms with Gasteiger partial charge in [0.1, 0.15) is 0 Å². The van der Waals surface area contributed by atoms with E-state index in [0.717, 1.165) is 38.1 Å². The maximum atomic E-state index is 9.56. The van der Waals surface area contributed by atoms with Gasteiger partial charge in [-0.3, -0.25) is 4.90 Å². The van der Waals surface area contributed by atoms with Gasteiger partial charge < -0.3 is 15.2 Å². The van der Waals surface area contributed by atoms with Crippen LogP contribution in [0, 0.1) is 17.8 Å². The molecule has 0 spiro atoms. The zero-order valence-corrected chi connectivity index (χ0v) is 14.1. The van der Waals surface area contributed by atoms with Crippen molar-refractivity contribution in [1.82, 2.24) is 10.2 Å². The number of morpholine rings is 1. The lowest BCUT2D eigenvalue weighted by molar-refractivity contribution is -0.0400. The van der Waals surface area contributed by atoms with Crippen LogP contribution in [0.25, 0.3) is 0 Å². The summed E-state index contributed by atoms with van der Waals surface area (Å²) in [7, 11) is 0. The fourth-order valence-electron chi connectivity index (χ4n) is 4.04. The summed E-state index contributed by atoms with van der Waals surface area (Å²) in [5.74, 6) is 2.35. The SMILES string of the molecule is CCNC1CCC(C(C)C)CC1CN1CCOCC1CO. The lowest BCUT2D eigenvalue weighted by Gasteiger charge is -2.43. The highest BCUT2D eigenvalue weighted by molar-refractivity contribution is 4.89. The Balaban J connectivity index is 1.97. The van der Waals surface area contributed by atoms with E-state index >= 15 is 0 Å². The van der Waals surface area contributed by atoms with Gasteiger partial charge in [-0.05, 0) is 43.6 Å². The maximum Gasteiger partial charge on any atom is 0.0644 e. The van der Waals surface area contributed by atoms with E-state index in [4.69, 9.17) is 4.74 Å². The Hall–Kier alpha value is -0.160. The normalized spacial score (nSPS) is 35.3. The molecule has 0 bridgehead atoms. The second-order valence-electron chi connectivity index (χ2n) is 7.15. The molecule has 0 aromatic rings. The van der Waals surface area contributed by atoms with E-state index in [2.05, 4.69) is 31.0 Å². The quantitative estimate of drug-likeness (QED) is 0.784. The van der Waals surface area contributed by atoms with E-state index in [1.807, 2.05) is 0 Å². The lowest BCUT2D eigenvalue weighted by Crippen LogP contribution is -2.53. The molecule has 0 aromatic carbocycles. The Morgan fingerprint density at radius 2 is 2.14 bits per heavy atom. The molecule has 0 amide bonds. The molecule has 1 aliphatic carbocycles. The lowest BCUT2D eigenvalue weighted by atomic mass is 9.73. The highest BCUT2D eigenvalue weighted by Gasteiger charge is 2.34. The summed E-state index contributed by atoms with van der Waals surface area (Å²) in [5, 5.41) is 13.3. The van der Waals surface area contributed by atoms with Crippen molar-refractivity contribution in [1.29, 1.82) is 0 Å². The summed E-state index contributed by atoms with van der Waals surface area (Å²) >= 11 is 0. The molecule has 4 heteroatoms. The monoisotopic (exact) mass is 298 g/mol. The third-order valence-corrected chi connectivity index (χ3v) is 5.46. The zero-order chi connectivity index (χ0) is 15.2. The van der Waals surface area contributed by atoms with Crippen molar-refractivity contribution >= 4 is 0 Å². The summed E-state index contributed by atoms with van der Waals surface area (Å²) in [6, 6.07) is 0.840. The van der Waals surface area contributed by atoms with E-state index in [1.165, 1.54) is 19.3 Å². The van der Waals surface area contributed by atoms with E-state index in [9.17, 15) is 5.11 Å². The molecule has 2 rings (SSSR count). The number of aliphatic hydroxyl groups is 1. The Kier molecular flexibility index (Phi) is 6.93. The van der Waals surface area contributed by atoms with Gasteiger partial charge in [0.15, 0.2) is 0 Å². The number of nitrogens with zero attached hydrogens (tertiary/aromatic N) is 1. The number of rotatable bonds is 6. The van der Waals surface area contributed by atoms with E-state index in [0.29, 0.717) is 18.6 Å². The second-order valence-corrected chi connectivity index (χ2v) is 7.15. The Bertz CT molecular complexity index is 299. The summed E-state index contributed by atoms with van der Waals surface area (Å²) in [6.07, 6.45) is 3.98. The standard InChI is InChI=1S/C17H34N2O2/c1-4-18-17-6-5-14(13(2)3)9-15(17)10-19-7-8-21-12-16(19)11-20/h13-18,20H,4-12H2,1-3H3. The number of hydrogen-bond donors (Lipinski definition) is 2. The van der Waals surface area contributed by atoms with Gasteiger partial charge in [0, 0.05) is 19.1 Å². The molecule has 4 nitrogen and oxygen atoms in total. The minimum absolute atomic E-state index is 0.195. The van der Waals surface area contributed by atoms with Gasteiger partial charge in [-0.1, -0.05) is 20.8 Å². The minimum Gasteiger partial charge on any atom is -0.395 e. The van der Waals surface area contributed by atoms with Crippen molar-refractivity contribution in [2.24, 2.45) is 17.8 Å². The zero-order valence-electron chi connectivity index (χ0n) is 14.1. The molecule has 4 unspecified atom stereocenters. The van der Waals surface area contributed by atoms with Crippen LogP contribution in [0.5, 0.6) is 0 Å². The van der Waals surface area contributed by atoms with Gasteiger partial charge in [0.05, 0.1) is 25.9 Å². The molecule has 21 heavy (non-hydrogen) atoms. The second kappa shape index (κ2) is 8.47. The van der Waals surface area contributed by atoms with Gasteiger partial charge >= 0.3 is 0 Å². The third-order valence-electron chi connectivity index (χ3n) is 5.46. The van der Waals surface area contributed by atoms with E-state index in [1.54, 1.807) is 0 Å². The van der Waals surface area contributed by atoms with Crippen LogP contribution < -0.4 is 5.32 Å². The third kappa shape index (κ3) is 4.65. The molecule has 1 saturated heterocycles. The first kappa shape index (κ1) is 17.2. The van der Waals surface area contributed by atoms with Gasteiger partial charge in [0.25, 0.3) is 0 Å². The maximum absolute atomic E-state index is 9.56. The molecule has 2 N–H and O–H groups in total.